The molecule has 31 heavy (non-hydrogen) atoms. The number of carbonyl (C=O) groups is 1. The summed E-state index contributed by atoms with van der Waals surface area (Å²) in [6, 6.07) is 23.4. The van der Waals surface area contributed by atoms with E-state index in [-0.39, 0.29) is 5.91 Å². The summed E-state index contributed by atoms with van der Waals surface area (Å²) in [5, 5.41) is 0.663. The van der Waals surface area contributed by atoms with E-state index in [1.807, 2.05) is 72.8 Å². The van der Waals surface area contributed by atoms with E-state index in [0.717, 1.165) is 28.3 Å². The minimum Gasteiger partial charge on any atom is -0.497 e. The van der Waals surface area contributed by atoms with Gasteiger partial charge in [-0.1, -0.05) is 61.8 Å². The van der Waals surface area contributed by atoms with Crippen molar-refractivity contribution in [2.24, 2.45) is 0 Å². The normalized spacial score (nSPS) is 15.0. The van der Waals surface area contributed by atoms with E-state index >= 15 is 0 Å². The Hall–Kier alpha value is -3.30. The molecule has 1 aliphatic heterocycles. The zero-order valence-corrected chi connectivity index (χ0v) is 18.6. The lowest BCUT2D eigenvalue weighted by Gasteiger charge is -2.21. The molecule has 0 N–H and O–H groups in total. The van der Waals surface area contributed by atoms with Gasteiger partial charge in [0.25, 0.3) is 5.91 Å². The van der Waals surface area contributed by atoms with Crippen molar-refractivity contribution in [1.29, 1.82) is 0 Å². The molecule has 0 bridgehead atoms. The number of hydrogen-bond donors (Lipinski definition) is 0. The topological polar surface area (TPSA) is 29.5 Å². The van der Waals surface area contributed by atoms with Crippen LogP contribution in [0.3, 0.4) is 0 Å². The first-order valence-corrected chi connectivity index (χ1v) is 10.6. The van der Waals surface area contributed by atoms with E-state index in [1.54, 1.807) is 12.0 Å². The van der Waals surface area contributed by atoms with Gasteiger partial charge in [0.05, 0.1) is 12.8 Å². The Balaban J connectivity index is 1.76. The van der Waals surface area contributed by atoms with Crippen molar-refractivity contribution in [2.45, 2.75) is 19.8 Å². The number of carbonyl (C=O) groups excluding carboxylic acids is 1. The zero-order valence-electron chi connectivity index (χ0n) is 17.8. The first-order chi connectivity index (χ1) is 15.0. The van der Waals surface area contributed by atoms with Crippen LogP contribution >= 0.6 is 11.6 Å². The van der Waals surface area contributed by atoms with Crippen LogP contribution in [0.15, 0.2) is 84.4 Å². The molecule has 0 unspecified atom stereocenters. The molecule has 3 aromatic rings. The third kappa shape index (κ3) is 4.42. The molecule has 4 heteroatoms. The lowest BCUT2D eigenvalue weighted by Crippen LogP contribution is -2.24. The van der Waals surface area contributed by atoms with Crippen molar-refractivity contribution >= 4 is 35.0 Å². The Kier molecular flexibility index (Phi) is 5.97. The standard InChI is InChI=1S/C27H24ClNO2/c1-18(2)20-8-12-24(13-9-20)29-26(21-6-10-23(28)11-7-21)17-22(27(29)30)16-19-4-14-25(31-3)15-5-19/h4-18H,1-3H3/b22-16-. The minimum atomic E-state index is -0.0573. The zero-order chi connectivity index (χ0) is 22.0. The maximum absolute atomic E-state index is 13.5. The Bertz CT molecular complexity index is 1140. The number of nitrogens with zero attached hydrogens (tertiary/aromatic N) is 1. The third-order valence-corrected chi connectivity index (χ3v) is 5.63. The Labute approximate surface area is 188 Å². The van der Waals surface area contributed by atoms with Crippen molar-refractivity contribution in [3.05, 3.63) is 106 Å². The molecule has 1 heterocycles. The average Bonchev–Trinajstić information content (AvgIpc) is 3.10. The third-order valence-electron chi connectivity index (χ3n) is 5.38. The first kappa shape index (κ1) is 21.0. The predicted molar refractivity (Wildman–Crippen MR) is 128 cm³/mol. The molecule has 0 atom stereocenters. The van der Waals surface area contributed by atoms with E-state index in [1.165, 1.54) is 5.56 Å². The van der Waals surface area contributed by atoms with E-state index in [4.69, 9.17) is 16.3 Å². The fourth-order valence-electron chi connectivity index (χ4n) is 3.59. The average molecular weight is 430 g/mol. The minimum absolute atomic E-state index is 0.0573. The highest BCUT2D eigenvalue weighted by molar-refractivity contribution is 6.30. The van der Waals surface area contributed by atoms with Gasteiger partial charge in [0.15, 0.2) is 0 Å². The summed E-state index contributed by atoms with van der Waals surface area (Å²) in [5.41, 5.74) is 5.41. The van der Waals surface area contributed by atoms with Gasteiger partial charge in [-0.2, -0.15) is 0 Å². The summed E-state index contributed by atoms with van der Waals surface area (Å²) in [6.07, 6.45) is 3.84. The van der Waals surface area contributed by atoms with Gasteiger partial charge in [-0.15, -0.1) is 0 Å². The summed E-state index contributed by atoms with van der Waals surface area (Å²) >= 11 is 6.09. The molecule has 0 aliphatic carbocycles. The summed E-state index contributed by atoms with van der Waals surface area (Å²) in [4.78, 5) is 15.2. The van der Waals surface area contributed by atoms with Gasteiger partial charge in [-0.05, 0) is 71.2 Å². The predicted octanol–water partition coefficient (Wildman–Crippen LogP) is 6.94. The molecule has 4 rings (SSSR count). The highest BCUT2D eigenvalue weighted by Crippen LogP contribution is 2.36. The monoisotopic (exact) mass is 429 g/mol. The molecule has 3 aromatic carbocycles. The molecule has 3 nitrogen and oxygen atoms in total. The number of halogens is 1. The van der Waals surface area contributed by atoms with Gasteiger partial charge in [0.1, 0.15) is 5.75 Å². The lowest BCUT2D eigenvalue weighted by atomic mass is 10.0. The molecule has 0 radical (unpaired) electrons. The van der Waals surface area contributed by atoms with Gasteiger partial charge in [-0.25, -0.2) is 0 Å². The second-order valence-corrected chi connectivity index (χ2v) is 8.23. The van der Waals surface area contributed by atoms with Crippen LogP contribution in [0.4, 0.5) is 5.69 Å². The van der Waals surface area contributed by atoms with E-state index in [9.17, 15) is 4.79 Å². The second-order valence-electron chi connectivity index (χ2n) is 7.80. The summed E-state index contributed by atoms with van der Waals surface area (Å²) in [5.74, 6) is 1.15. The highest BCUT2D eigenvalue weighted by atomic mass is 35.5. The Morgan fingerprint density at radius 2 is 1.55 bits per heavy atom. The van der Waals surface area contributed by atoms with Gasteiger partial charge in [0.2, 0.25) is 0 Å². The molecule has 1 amide bonds. The first-order valence-electron chi connectivity index (χ1n) is 10.2. The SMILES string of the molecule is COc1ccc(/C=C2/C=C(c3ccc(Cl)cc3)N(c3ccc(C(C)C)cc3)C2=O)cc1. The molecule has 1 aliphatic rings. The molecular formula is C27H24ClNO2. The van der Waals surface area contributed by atoms with Crippen molar-refractivity contribution in [1.82, 2.24) is 0 Å². The number of benzene rings is 3. The van der Waals surface area contributed by atoms with Crippen molar-refractivity contribution < 1.29 is 9.53 Å². The van der Waals surface area contributed by atoms with Crippen molar-refractivity contribution in [3.8, 4) is 5.75 Å². The molecule has 0 saturated carbocycles. The van der Waals surface area contributed by atoms with Crippen LogP contribution in [0.25, 0.3) is 11.8 Å². The number of ether oxygens (including phenoxy) is 1. The fourth-order valence-corrected chi connectivity index (χ4v) is 3.72. The van der Waals surface area contributed by atoms with Crippen molar-refractivity contribution in [3.63, 3.8) is 0 Å². The van der Waals surface area contributed by atoms with Crippen LogP contribution in [0.5, 0.6) is 5.75 Å². The number of rotatable bonds is 5. The van der Waals surface area contributed by atoms with Crippen LogP contribution in [0.1, 0.15) is 36.5 Å². The molecule has 0 spiro atoms. The van der Waals surface area contributed by atoms with Crippen molar-refractivity contribution in [2.75, 3.05) is 12.0 Å². The van der Waals surface area contributed by atoms with Crippen LogP contribution in [-0.4, -0.2) is 13.0 Å². The molecule has 0 aromatic heterocycles. The Morgan fingerprint density at radius 3 is 2.13 bits per heavy atom. The van der Waals surface area contributed by atoms with Gasteiger partial charge in [0, 0.05) is 16.3 Å². The maximum atomic E-state index is 13.5. The smallest absolute Gasteiger partial charge is 0.262 e. The van der Waals surface area contributed by atoms with Gasteiger partial charge in [-0.3, -0.25) is 9.69 Å². The van der Waals surface area contributed by atoms with E-state index in [2.05, 4.69) is 26.0 Å². The molecule has 156 valence electrons. The quantitative estimate of drug-likeness (QED) is 0.411. The molecular weight excluding hydrogens is 406 g/mol. The van der Waals surface area contributed by atoms with Crippen LogP contribution in [0, 0.1) is 0 Å². The number of anilines is 1. The molecule has 0 fully saturated rings. The van der Waals surface area contributed by atoms with E-state index < -0.39 is 0 Å². The molecule has 0 saturated heterocycles. The highest BCUT2D eigenvalue weighted by Gasteiger charge is 2.30. The number of amides is 1. The number of methoxy groups -OCH3 is 1. The summed E-state index contributed by atoms with van der Waals surface area (Å²) in [6.45, 7) is 4.31. The largest absolute Gasteiger partial charge is 0.497 e. The number of hydrogen-bond acceptors (Lipinski definition) is 2. The van der Waals surface area contributed by atoms with Crippen LogP contribution in [0.2, 0.25) is 5.02 Å². The van der Waals surface area contributed by atoms with Crippen LogP contribution < -0.4 is 9.64 Å². The van der Waals surface area contributed by atoms with Gasteiger partial charge < -0.3 is 4.74 Å². The van der Waals surface area contributed by atoms with Crippen LogP contribution in [-0.2, 0) is 4.79 Å². The second kappa shape index (κ2) is 8.83. The summed E-state index contributed by atoms with van der Waals surface area (Å²) < 4.78 is 5.23. The lowest BCUT2D eigenvalue weighted by molar-refractivity contribution is -0.113. The van der Waals surface area contributed by atoms with Gasteiger partial charge >= 0.3 is 0 Å². The maximum Gasteiger partial charge on any atom is 0.262 e. The summed E-state index contributed by atoms with van der Waals surface area (Å²) in [7, 11) is 1.64. The fraction of sp³-hybridized carbons (Fsp3) is 0.148. The Morgan fingerprint density at radius 1 is 0.903 bits per heavy atom. The van der Waals surface area contributed by atoms with E-state index in [0.29, 0.717) is 16.5 Å².